The van der Waals surface area contributed by atoms with Gasteiger partial charge >= 0.3 is 0 Å². The van der Waals surface area contributed by atoms with Crippen molar-refractivity contribution in [1.29, 1.82) is 0 Å². The highest BCUT2D eigenvalue weighted by atomic mass is 35.5. The smallest absolute Gasteiger partial charge is 0.241 e. The van der Waals surface area contributed by atoms with Gasteiger partial charge in [0.05, 0.1) is 6.04 Å². The molecule has 0 aliphatic carbocycles. The second kappa shape index (κ2) is 6.34. The van der Waals surface area contributed by atoms with E-state index in [1.54, 1.807) is 11.0 Å². The van der Waals surface area contributed by atoms with E-state index in [0.29, 0.717) is 24.7 Å². The van der Waals surface area contributed by atoms with Crippen molar-refractivity contribution in [1.82, 2.24) is 10.2 Å². The summed E-state index contributed by atoms with van der Waals surface area (Å²) in [4.78, 5) is 14.1. The van der Waals surface area contributed by atoms with Gasteiger partial charge < -0.3 is 10.2 Å². The van der Waals surface area contributed by atoms with E-state index in [9.17, 15) is 13.2 Å². The number of rotatable bonds is 3. The molecule has 1 amide bonds. The van der Waals surface area contributed by atoms with Crippen molar-refractivity contribution in [2.24, 2.45) is 0 Å². The summed E-state index contributed by atoms with van der Waals surface area (Å²) in [7, 11) is -3.40. The third kappa shape index (κ3) is 3.75. The van der Waals surface area contributed by atoms with Gasteiger partial charge in [0.15, 0.2) is 9.84 Å². The molecule has 0 aromatic heterocycles. The molecule has 1 aliphatic rings. The second-order valence-electron chi connectivity index (χ2n) is 5.28. The molecule has 21 heavy (non-hydrogen) atoms. The highest BCUT2D eigenvalue weighted by Gasteiger charge is 2.34. The number of carbonyl (C=O) groups is 1. The van der Waals surface area contributed by atoms with Crippen LogP contribution in [0.25, 0.3) is 0 Å². The SMILES string of the molecule is CC(C(=O)N1CCNCC1c1cccc(Cl)c1)S(C)(=O)=O. The number of hydrogen-bond acceptors (Lipinski definition) is 4. The van der Waals surface area contributed by atoms with E-state index in [-0.39, 0.29) is 11.9 Å². The molecular weight excluding hydrogens is 312 g/mol. The molecular formula is C14H19ClN2O3S. The fraction of sp³-hybridized carbons (Fsp3) is 0.500. The predicted octanol–water partition coefficient (Wildman–Crippen LogP) is 1.25. The van der Waals surface area contributed by atoms with Crippen LogP contribution in [-0.2, 0) is 14.6 Å². The van der Waals surface area contributed by atoms with Gasteiger partial charge in [-0.05, 0) is 24.6 Å². The number of halogens is 1. The van der Waals surface area contributed by atoms with E-state index < -0.39 is 15.1 Å². The lowest BCUT2D eigenvalue weighted by Crippen LogP contribution is -2.52. The first kappa shape index (κ1) is 16.3. The second-order valence-corrected chi connectivity index (χ2v) is 8.08. The van der Waals surface area contributed by atoms with E-state index in [1.165, 1.54) is 6.92 Å². The lowest BCUT2D eigenvalue weighted by atomic mass is 10.0. The summed E-state index contributed by atoms with van der Waals surface area (Å²) in [6.45, 7) is 3.16. The Hall–Kier alpha value is -1.11. The minimum atomic E-state index is -3.40. The van der Waals surface area contributed by atoms with Crippen LogP contribution in [0.5, 0.6) is 0 Å². The van der Waals surface area contributed by atoms with Crippen molar-refractivity contribution in [3.63, 3.8) is 0 Å². The van der Waals surface area contributed by atoms with Crippen LogP contribution in [0.3, 0.4) is 0 Å². The van der Waals surface area contributed by atoms with Gasteiger partial charge in [-0.25, -0.2) is 8.42 Å². The van der Waals surface area contributed by atoms with Crippen LogP contribution in [0.15, 0.2) is 24.3 Å². The maximum Gasteiger partial charge on any atom is 0.241 e. The van der Waals surface area contributed by atoms with Gasteiger partial charge in [-0.2, -0.15) is 0 Å². The Balaban J connectivity index is 2.29. The molecule has 1 aromatic carbocycles. The molecule has 0 bridgehead atoms. The number of amides is 1. The summed E-state index contributed by atoms with van der Waals surface area (Å²) in [5.41, 5.74) is 0.906. The number of nitrogens with zero attached hydrogens (tertiary/aromatic N) is 1. The van der Waals surface area contributed by atoms with Gasteiger partial charge in [0.2, 0.25) is 5.91 Å². The minimum absolute atomic E-state index is 0.200. The zero-order valence-corrected chi connectivity index (χ0v) is 13.6. The average Bonchev–Trinajstić information content (AvgIpc) is 2.45. The van der Waals surface area contributed by atoms with Gasteiger partial charge in [0.1, 0.15) is 5.25 Å². The Labute approximate surface area is 130 Å². The van der Waals surface area contributed by atoms with E-state index in [1.807, 2.05) is 18.2 Å². The molecule has 1 aliphatic heterocycles. The number of benzene rings is 1. The summed E-state index contributed by atoms with van der Waals surface area (Å²) < 4.78 is 23.3. The molecule has 1 fully saturated rings. The molecule has 1 saturated heterocycles. The molecule has 0 saturated carbocycles. The van der Waals surface area contributed by atoms with E-state index >= 15 is 0 Å². The first-order valence-electron chi connectivity index (χ1n) is 6.76. The van der Waals surface area contributed by atoms with E-state index in [4.69, 9.17) is 11.6 Å². The molecule has 2 unspecified atom stereocenters. The number of nitrogens with one attached hydrogen (secondary N) is 1. The maximum absolute atomic E-state index is 12.5. The summed E-state index contributed by atoms with van der Waals surface area (Å²) >= 11 is 6.01. The quantitative estimate of drug-likeness (QED) is 0.905. The Kier molecular flexibility index (Phi) is 4.91. The first-order chi connectivity index (χ1) is 9.80. The molecule has 1 N–H and O–H groups in total. The minimum Gasteiger partial charge on any atom is -0.332 e. The molecule has 5 nitrogen and oxygen atoms in total. The third-order valence-corrected chi connectivity index (χ3v) is 5.47. The van der Waals surface area contributed by atoms with Crippen molar-refractivity contribution in [3.05, 3.63) is 34.9 Å². The molecule has 7 heteroatoms. The lowest BCUT2D eigenvalue weighted by molar-refractivity contribution is -0.133. The van der Waals surface area contributed by atoms with Crippen LogP contribution in [0, 0.1) is 0 Å². The van der Waals surface area contributed by atoms with E-state index in [0.717, 1.165) is 11.8 Å². The first-order valence-corrected chi connectivity index (χ1v) is 9.09. The number of hydrogen-bond donors (Lipinski definition) is 1. The predicted molar refractivity (Wildman–Crippen MR) is 83.1 cm³/mol. The van der Waals surface area contributed by atoms with Crippen LogP contribution in [-0.4, -0.2) is 50.4 Å². The summed E-state index contributed by atoms with van der Waals surface area (Å²) in [5.74, 6) is -0.357. The number of carbonyl (C=O) groups excluding carboxylic acids is 1. The van der Waals surface area contributed by atoms with Crippen LogP contribution < -0.4 is 5.32 Å². The molecule has 1 aromatic rings. The van der Waals surface area contributed by atoms with Crippen LogP contribution >= 0.6 is 11.6 Å². The molecule has 0 radical (unpaired) electrons. The number of piperazine rings is 1. The van der Waals surface area contributed by atoms with Crippen molar-refractivity contribution < 1.29 is 13.2 Å². The topological polar surface area (TPSA) is 66.5 Å². The van der Waals surface area contributed by atoms with Crippen molar-refractivity contribution in [3.8, 4) is 0 Å². The van der Waals surface area contributed by atoms with Crippen LogP contribution in [0.1, 0.15) is 18.5 Å². The third-order valence-electron chi connectivity index (χ3n) is 3.75. The summed E-state index contributed by atoms with van der Waals surface area (Å²) in [6, 6.07) is 7.11. The van der Waals surface area contributed by atoms with Gasteiger partial charge in [-0.1, -0.05) is 23.7 Å². The maximum atomic E-state index is 12.5. The molecule has 1 heterocycles. The molecule has 2 atom stereocenters. The van der Waals surface area contributed by atoms with Gasteiger partial charge in [-0.3, -0.25) is 4.79 Å². The van der Waals surface area contributed by atoms with E-state index in [2.05, 4.69) is 5.32 Å². The monoisotopic (exact) mass is 330 g/mol. The Bertz CT molecular complexity index is 633. The van der Waals surface area contributed by atoms with Gasteiger partial charge in [0, 0.05) is 30.9 Å². The largest absolute Gasteiger partial charge is 0.332 e. The Morgan fingerprint density at radius 3 is 2.81 bits per heavy atom. The van der Waals surface area contributed by atoms with Crippen molar-refractivity contribution >= 4 is 27.3 Å². The fourth-order valence-corrected chi connectivity index (χ4v) is 3.10. The zero-order chi connectivity index (χ0) is 15.6. The molecule has 116 valence electrons. The lowest BCUT2D eigenvalue weighted by Gasteiger charge is -2.37. The van der Waals surface area contributed by atoms with Gasteiger partial charge in [0.25, 0.3) is 0 Å². The highest BCUT2D eigenvalue weighted by Crippen LogP contribution is 2.26. The normalized spacial score (nSPS) is 21.1. The molecule has 2 rings (SSSR count). The highest BCUT2D eigenvalue weighted by molar-refractivity contribution is 7.92. The molecule has 0 spiro atoms. The van der Waals surface area contributed by atoms with Crippen LogP contribution in [0.2, 0.25) is 5.02 Å². The standard InChI is InChI=1S/C14H19ClN2O3S/c1-10(21(2,19)20)14(18)17-7-6-16-9-13(17)11-4-3-5-12(15)8-11/h3-5,8,10,13,16H,6-7,9H2,1-2H3. The Morgan fingerprint density at radius 1 is 1.48 bits per heavy atom. The number of sulfone groups is 1. The summed E-state index contributed by atoms with van der Waals surface area (Å²) in [5, 5.41) is 2.80. The Morgan fingerprint density at radius 2 is 2.19 bits per heavy atom. The van der Waals surface area contributed by atoms with Crippen LogP contribution in [0.4, 0.5) is 0 Å². The zero-order valence-electron chi connectivity index (χ0n) is 12.0. The fourth-order valence-electron chi connectivity index (χ4n) is 2.40. The van der Waals surface area contributed by atoms with Gasteiger partial charge in [-0.15, -0.1) is 0 Å². The van der Waals surface area contributed by atoms with Crippen molar-refractivity contribution in [2.75, 3.05) is 25.9 Å². The van der Waals surface area contributed by atoms with Crippen molar-refractivity contribution in [2.45, 2.75) is 18.2 Å². The average molecular weight is 331 g/mol. The summed E-state index contributed by atoms with van der Waals surface area (Å²) in [6.07, 6.45) is 1.09.